The van der Waals surface area contributed by atoms with Crippen LogP contribution in [-0.2, 0) is 9.53 Å². The number of carbonyl (C=O) groups excluding carboxylic acids is 2. The van der Waals surface area contributed by atoms with Gasteiger partial charge in [-0.3, -0.25) is 4.79 Å². The molecule has 4 rings (SSSR count). The summed E-state index contributed by atoms with van der Waals surface area (Å²) in [6.07, 6.45) is 0.734. The number of nitriles is 1. The number of piperidine rings is 1. The number of nitrogens with one attached hydrogen (secondary N) is 1. The van der Waals surface area contributed by atoms with E-state index in [2.05, 4.69) is 23.2 Å². The summed E-state index contributed by atoms with van der Waals surface area (Å²) in [7, 11) is 0. The van der Waals surface area contributed by atoms with Crippen molar-refractivity contribution in [3.05, 3.63) is 34.9 Å². The van der Waals surface area contributed by atoms with Gasteiger partial charge >= 0.3 is 6.03 Å². The van der Waals surface area contributed by atoms with Crippen LogP contribution in [-0.4, -0.2) is 66.7 Å². The van der Waals surface area contributed by atoms with Crippen LogP contribution in [0.4, 0.5) is 4.79 Å². The first-order valence-electron chi connectivity index (χ1n) is 9.51. The quantitative estimate of drug-likeness (QED) is 0.679. The van der Waals surface area contributed by atoms with Crippen molar-refractivity contribution in [3.8, 4) is 17.9 Å². The van der Waals surface area contributed by atoms with E-state index < -0.39 is 0 Å². The second-order valence-electron chi connectivity index (χ2n) is 7.52. The summed E-state index contributed by atoms with van der Waals surface area (Å²) >= 11 is 0. The van der Waals surface area contributed by atoms with Crippen molar-refractivity contribution in [2.75, 3.05) is 32.8 Å². The summed E-state index contributed by atoms with van der Waals surface area (Å²) in [5.74, 6) is 6.32. The van der Waals surface area contributed by atoms with E-state index in [-0.39, 0.29) is 36.6 Å². The van der Waals surface area contributed by atoms with E-state index in [9.17, 15) is 14.9 Å². The molecule has 0 spiro atoms. The fraction of sp³-hybridized carbons (Fsp3) is 0.476. The molecule has 28 heavy (non-hydrogen) atoms. The highest BCUT2D eigenvalue weighted by molar-refractivity contribution is 5.79. The molecule has 3 amide bonds. The van der Waals surface area contributed by atoms with Gasteiger partial charge in [0.05, 0.1) is 23.6 Å². The van der Waals surface area contributed by atoms with Crippen molar-refractivity contribution in [1.82, 2.24) is 15.1 Å². The number of rotatable bonds is 0. The Kier molecular flexibility index (Phi) is 4.93. The van der Waals surface area contributed by atoms with E-state index in [0.29, 0.717) is 31.7 Å². The van der Waals surface area contributed by atoms with E-state index in [0.717, 1.165) is 17.5 Å². The number of hydrogen-bond donors (Lipinski definition) is 1. The van der Waals surface area contributed by atoms with Crippen LogP contribution in [0.15, 0.2) is 18.2 Å². The molecular formula is C21H22N4O3. The molecule has 3 saturated heterocycles. The smallest absolute Gasteiger partial charge is 0.320 e. The minimum atomic E-state index is -0.124. The molecular weight excluding hydrogens is 356 g/mol. The predicted molar refractivity (Wildman–Crippen MR) is 101 cm³/mol. The number of morpholine rings is 1. The fourth-order valence-corrected chi connectivity index (χ4v) is 3.90. The Morgan fingerprint density at radius 3 is 2.89 bits per heavy atom. The molecule has 7 heteroatoms. The van der Waals surface area contributed by atoms with Gasteiger partial charge in [-0.05, 0) is 25.0 Å². The Bertz CT molecular complexity index is 904. The molecule has 2 atom stereocenters. The zero-order chi connectivity index (χ0) is 19.7. The number of urea groups is 1. The first-order valence-corrected chi connectivity index (χ1v) is 9.51. The summed E-state index contributed by atoms with van der Waals surface area (Å²) in [4.78, 5) is 27.8. The van der Waals surface area contributed by atoms with Gasteiger partial charge in [0.25, 0.3) is 0 Å². The third-order valence-corrected chi connectivity index (χ3v) is 5.54. The zero-order valence-electron chi connectivity index (χ0n) is 15.8. The molecule has 144 valence electrons. The van der Waals surface area contributed by atoms with Gasteiger partial charge in [0.2, 0.25) is 5.91 Å². The fourth-order valence-electron chi connectivity index (χ4n) is 3.90. The second kappa shape index (κ2) is 7.53. The monoisotopic (exact) mass is 378 g/mol. The maximum atomic E-state index is 12.7. The zero-order valence-corrected chi connectivity index (χ0v) is 15.8. The lowest BCUT2D eigenvalue weighted by molar-refractivity contribution is -0.139. The highest BCUT2D eigenvalue weighted by Crippen LogP contribution is 2.22. The summed E-state index contributed by atoms with van der Waals surface area (Å²) in [5, 5.41) is 12.1. The van der Waals surface area contributed by atoms with Crippen molar-refractivity contribution in [2.45, 2.75) is 25.5 Å². The molecule has 3 heterocycles. The number of likely N-dealkylation sites (tertiary alicyclic amines) is 2. The number of carbonyl (C=O) groups is 2. The number of fused-ring (bicyclic) bond motifs is 1. The van der Waals surface area contributed by atoms with Gasteiger partial charge in [0.1, 0.15) is 12.7 Å². The van der Waals surface area contributed by atoms with Gasteiger partial charge in [0.15, 0.2) is 0 Å². The number of aryl methyl sites for hydroxylation is 1. The average molecular weight is 378 g/mol. The minimum Gasteiger partial charge on any atom is -0.366 e. The summed E-state index contributed by atoms with van der Waals surface area (Å²) in [5.41, 5.74) is 2.34. The molecule has 1 aromatic rings. The first-order chi connectivity index (χ1) is 13.5. The van der Waals surface area contributed by atoms with Gasteiger partial charge in [-0.25, -0.2) is 4.79 Å². The summed E-state index contributed by atoms with van der Waals surface area (Å²) < 4.78 is 5.54. The van der Waals surface area contributed by atoms with E-state index in [1.165, 1.54) is 0 Å². The maximum Gasteiger partial charge on any atom is 0.320 e. The lowest BCUT2D eigenvalue weighted by Crippen LogP contribution is -2.64. The predicted octanol–water partition coefficient (Wildman–Crippen LogP) is 0.859. The van der Waals surface area contributed by atoms with Gasteiger partial charge < -0.3 is 19.9 Å². The number of ether oxygens (including phenoxy) is 1. The molecule has 0 unspecified atom stereocenters. The van der Waals surface area contributed by atoms with Crippen LogP contribution >= 0.6 is 0 Å². The number of nitrogens with zero attached hydrogens (tertiary/aromatic N) is 3. The lowest BCUT2D eigenvalue weighted by Gasteiger charge is -2.45. The molecule has 0 radical (unpaired) electrons. The molecule has 1 N–H and O–H groups in total. The molecule has 3 aliphatic heterocycles. The third-order valence-electron chi connectivity index (χ3n) is 5.54. The van der Waals surface area contributed by atoms with E-state index in [1.54, 1.807) is 15.9 Å². The lowest BCUT2D eigenvalue weighted by atomic mass is 9.97. The van der Waals surface area contributed by atoms with E-state index >= 15 is 0 Å². The normalized spacial score (nSPS) is 24.2. The topological polar surface area (TPSA) is 85.7 Å². The summed E-state index contributed by atoms with van der Waals surface area (Å²) in [6, 6.07) is 7.61. The van der Waals surface area contributed by atoms with Crippen LogP contribution in [0.2, 0.25) is 0 Å². The van der Waals surface area contributed by atoms with E-state index in [1.807, 2.05) is 19.1 Å². The van der Waals surface area contributed by atoms with Gasteiger partial charge in [-0.15, -0.1) is 0 Å². The molecule has 1 aromatic carbocycles. The van der Waals surface area contributed by atoms with Crippen molar-refractivity contribution >= 4 is 11.9 Å². The van der Waals surface area contributed by atoms with Crippen molar-refractivity contribution in [3.63, 3.8) is 0 Å². The Morgan fingerprint density at radius 1 is 1.29 bits per heavy atom. The SMILES string of the molecule is Cc1cccc(C#N)c1C#CC1CN(C(=O)N2CC[C@@H]3OCC(=O)N[C@@H]3C2)C1. The largest absolute Gasteiger partial charge is 0.366 e. The Labute approximate surface area is 164 Å². The number of amides is 3. The molecule has 0 aliphatic carbocycles. The molecule has 3 aliphatic rings. The highest BCUT2D eigenvalue weighted by atomic mass is 16.5. The van der Waals surface area contributed by atoms with Crippen LogP contribution in [0.3, 0.4) is 0 Å². The third kappa shape index (κ3) is 3.54. The van der Waals surface area contributed by atoms with Crippen LogP contribution in [0.1, 0.15) is 23.1 Å². The Morgan fingerprint density at radius 2 is 2.11 bits per heavy atom. The summed E-state index contributed by atoms with van der Waals surface area (Å²) in [6.45, 7) is 4.35. The second-order valence-corrected chi connectivity index (χ2v) is 7.52. The standard InChI is InChI=1S/C21H22N4O3/c1-14-3-2-4-16(9-22)17(14)6-5-15-10-25(11-15)21(27)24-8-7-19-18(12-24)23-20(26)13-28-19/h2-4,15,18-19H,7-8,10-13H2,1H3,(H,23,26)/t18-,19+/m1/s1. The maximum absolute atomic E-state index is 12.7. The van der Waals surface area contributed by atoms with E-state index in [4.69, 9.17) is 4.74 Å². The Hall–Kier alpha value is -3.03. The van der Waals surface area contributed by atoms with Crippen molar-refractivity contribution in [1.29, 1.82) is 5.26 Å². The molecule has 7 nitrogen and oxygen atoms in total. The van der Waals surface area contributed by atoms with Gasteiger partial charge in [-0.2, -0.15) is 5.26 Å². The molecule has 0 bridgehead atoms. The number of benzene rings is 1. The molecule has 0 saturated carbocycles. The van der Waals surface area contributed by atoms with Crippen LogP contribution in [0.25, 0.3) is 0 Å². The average Bonchev–Trinajstić information content (AvgIpc) is 2.66. The van der Waals surface area contributed by atoms with Crippen molar-refractivity contribution in [2.24, 2.45) is 5.92 Å². The van der Waals surface area contributed by atoms with Crippen LogP contribution < -0.4 is 5.32 Å². The van der Waals surface area contributed by atoms with Crippen LogP contribution in [0.5, 0.6) is 0 Å². The number of hydrogen-bond acceptors (Lipinski definition) is 4. The molecule has 3 fully saturated rings. The minimum absolute atomic E-state index is 0.000183. The first kappa shape index (κ1) is 18.3. The van der Waals surface area contributed by atoms with Gasteiger partial charge in [0, 0.05) is 31.7 Å². The Balaban J connectivity index is 1.33. The van der Waals surface area contributed by atoms with Crippen molar-refractivity contribution < 1.29 is 14.3 Å². The molecule has 0 aromatic heterocycles. The van der Waals surface area contributed by atoms with Crippen LogP contribution in [0, 0.1) is 36.0 Å². The van der Waals surface area contributed by atoms with Gasteiger partial charge in [-0.1, -0.05) is 24.0 Å². The highest BCUT2D eigenvalue weighted by Gasteiger charge is 2.39.